The molecule has 1 heterocycles. The fourth-order valence-corrected chi connectivity index (χ4v) is 6.86. The van der Waals surface area contributed by atoms with Gasteiger partial charge in [0.1, 0.15) is 23.2 Å². The highest BCUT2D eigenvalue weighted by Gasteiger charge is 2.49. The van der Waals surface area contributed by atoms with E-state index in [1.165, 1.54) is 11.1 Å². The number of carbonyl (C=O) groups excluding carboxylic acids is 2. The molecule has 2 amide bonds. The van der Waals surface area contributed by atoms with E-state index in [-0.39, 0.29) is 23.5 Å². The van der Waals surface area contributed by atoms with Gasteiger partial charge in [-0.25, -0.2) is 8.78 Å². The summed E-state index contributed by atoms with van der Waals surface area (Å²) in [4.78, 5) is 28.9. The lowest BCUT2D eigenvalue weighted by molar-refractivity contribution is -0.133. The van der Waals surface area contributed by atoms with Gasteiger partial charge in [0, 0.05) is 25.7 Å². The summed E-state index contributed by atoms with van der Waals surface area (Å²) in [5, 5.41) is 19.6. The van der Waals surface area contributed by atoms with Gasteiger partial charge in [-0.1, -0.05) is 43.7 Å². The van der Waals surface area contributed by atoms with Gasteiger partial charge >= 0.3 is 0 Å². The van der Waals surface area contributed by atoms with Gasteiger partial charge in [0.2, 0.25) is 5.91 Å². The third kappa shape index (κ3) is 8.14. The molecular formula is C36H43F2N3O3S. The van der Waals surface area contributed by atoms with Crippen LogP contribution in [0.15, 0.2) is 82.1 Å². The smallest absolute Gasteiger partial charge is 0.252 e. The molecule has 45 heavy (non-hydrogen) atoms. The molecule has 3 aromatic rings. The highest BCUT2D eigenvalue weighted by molar-refractivity contribution is 7.08. The summed E-state index contributed by atoms with van der Waals surface area (Å²) in [5.74, 6) is -2.81. The van der Waals surface area contributed by atoms with E-state index >= 15 is 0 Å². The standard InChI is InChI=1S/C36H43F2N3O3S/c1-4-13-41(14-5-2)34(43)32-31(10-7-12-40-22-25-8-6-9-27(16-25)28-11-15-45-23-28)24(3)20-36(33(32)42,35(39)44)21-26-17-29(37)19-30(38)18-26/h6,8-9,11,15-20,23,33,40,42H,4-5,7,10,12-14,21-22H2,1-3H3,(H2,39,44)/t33-,36+/m0/s1. The topological polar surface area (TPSA) is 95.7 Å². The Morgan fingerprint density at radius 3 is 2.36 bits per heavy atom. The summed E-state index contributed by atoms with van der Waals surface area (Å²) in [6.45, 7) is 8.06. The average molecular weight is 636 g/mol. The molecule has 9 heteroatoms. The minimum atomic E-state index is -1.76. The van der Waals surface area contributed by atoms with Crippen molar-refractivity contribution in [3.63, 3.8) is 0 Å². The van der Waals surface area contributed by atoms with Crippen LogP contribution in [-0.4, -0.2) is 47.6 Å². The monoisotopic (exact) mass is 635 g/mol. The van der Waals surface area contributed by atoms with Crippen LogP contribution in [0.25, 0.3) is 11.1 Å². The van der Waals surface area contributed by atoms with Crippen molar-refractivity contribution in [2.75, 3.05) is 19.6 Å². The Hall–Kier alpha value is -3.66. The van der Waals surface area contributed by atoms with Crippen molar-refractivity contribution in [2.24, 2.45) is 11.1 Å². The number of amides is 2. The van der Waals surface area contributed by atoms with E-state index in [1.54, 1.807) is 29.2 Å². The number of hydrogen-bond donors (Lipinski definition) is 3. The van der Waals surface area contributed by atoms with Crippen LogP contribution in [0.3, 0.4) is 0 Å². The Morgan fingerprint density at radius 1 is 1.02 bits per heavy atom. The molecule has 4 rings (SSSR count). The van der Waals surface area contributed by atoms with Crippen molar-refractivity contribution >= 4 is 23.2 Å². The highest BCUT2D eigenvalue weighted by atomic mass is 32.1. The van der Waals surface area contributed by atoms with E-state index in [2.05, 4.69) is 40.3 Å². The molecule has 0 saturated heterocycles. The van der Waals surface area contributed by atoms with E-state index in [4.69, 9.17) is 5.73 Å². The minimum Gasteiger partial charge on any atom is -0.387 e. The largest absolute Gasteiger partial charge is 0.387 e. The minimum absolute atomic E-state index is 0.135. The number of thiophene rings is 1. The van der Waals surface area contributed by atoms with Gasteiger partial charge < -0.3 is 21.1 Å². The fourth-order valence-electron chi connectivity index (χ4n) is 6.19. The predicted molar refractivity (Wildman–Crippen MR) is 176 cm³/mol. The summed E-state index contributed by atoms with van der Waals surface area (Å²) >= 11 is 1.67. The Labute approximate surface area is 268 Å². The van der Waals surface area contributed by atoms with Crippen LogP contribution in [0, 0.1) is 17.0 Å². The number of halogens is 2. The second kappa shape index (κ2) is 15.6. The number of nitrogens with one attached hydrogen (secondary N) is 1. The number of hydrogen-bond acceptors (Lipinski definition) is 5. The molecule has 1 aliphatic rings. The first-order valence-corrected chi connectivity index (χ1v) is 16.5. The van der Waals surface area contributed by atoms with Crippen molar-refractivity contribution in [2.45, 2.75) is 65.5 Å². The molecule has 0 fully saturated rings. The number of aliphatic hydroxyl groups excluding tert-OH is 1. The first-order valence-electron chi connectivity index (χ1n) is 15.6. The SMILES string of the molecule is CCCN(CCC)C(=O)C1=C(CCCNCc2cccc(-c3ccsc3)c2)C(C)=C[C@](Cc2cc(F)cc(F)c2)(C(N)=O)[C@H]1O. The second-order valence-electron chi connectivity index (χ2n) is 11.8. The number of allylic oxidation sites excluding steroid dienone is 2. The van der Waals surface area contributed by atoms with Crippen LogP contribution in [0.2, 0.25) is 0 Å². The van der Waals surface area contributed by atoms with E-state index in [1.807, 2.05) is 19.9 Å². The summed E-state index contributed by atoms with van der Waals surface area (Å²) in [7, 11) is 0. The number of carbonyl (C=O) groups is 2. The van der Waals surface area contributed by atoms with Gasteiger partial charge in [0.05, 0.1) is 5.57 Å². The zero-order valence-corrected chi connectivity index (χ0v) is 27.1. The average Bonchev–Trinajstić information content (AvgIpc) is 3.54. The molecule has 0 bridgehead atoms. The lowest BCUT2D eigenvalue weighted by atomic mass is 9.66. The molecule has 0 spiro atoms. The number of primary amides is 1. The van der Waals surface area contributed by atoms with Gasteiger partial charge in [-0.15, -0.1) is 0 Å². The Morgan fingerprint density at radius 2 is 1.73 bits per heavy atom. The molecule has 0 aliphatic heterocycles. The van der Waals surface area contributed by atoms with Crippen molar-refractivity contribution in [3.05, 3.63) is 105 Å². The Balaban J connectivity index is 1.58. The molecule has 2 atom stereocenters. The number of nitrogens with two attached hydrogens (primary N) is 1. The summed E-state index contributed by atoms with van der Waals surface area (Å²) in [6.07, 6.45) is 2.35. The van der Waals surface area contributed by atoms with E-state index < -0.39 is 29.1 Å². The first-order chi connectivity index (χ1) is 21.6. The summed E-state index contributed by atoms with van der Waals surface area (Å²) in [6, 6.07) is 13.5. The van der Waals surface area contributed by atoms with E-state index in [0.717, 1.165) is 36.6 Å². The van der Waals surface area contributed by atoms with Crippen molar-refractivity contribution in [1.29, 1.82) is 0 Å². The molecule has 0 saturated carbocycles. The van der Waals surface area contributed by atoms with Crippen molar-refractivity contribution < 1.29 is 23.5 Å². The van der Waals surface area contributed by atoms with E-state index in [0.29, 0.717) is 50.2 Å². The fraction of sp³-hybridized carbons (Fsp3) is 0.389. The van der Waals surface area contributed by atoms with Crippen molar-refractivity contribution in [3.8, 4) is 11.1 Å². The number of nitrogens with zero attached hydrogens (tertiary/aromatic N) is 1. The maximum Gasteiger partial charge on any atom is 0.252 e. The molecule has 240 valence electrons. The van der Waals surface area contributed by atoms with E-state index in [9.17, 15) is 23.5 Å². The molecular weight excluding hydrogens is 592 g/mol. The number of aliphatic hydroxyl groups is 1. The summed E-state index contributed by atoms with van der Waals surface area (Å²) < 4.78 is 28.2. The second-order valence-corrected chi connectivity index (χ2v) is 12.5. The van der Waals surface area contributed by atoms with Crippen LogP contribution in [0.1, 0.15) is 57.6 Å². The van der Waals surface area contributed by atoms with Gasteiger partial charge in [-0.2, -0.15) is 11.3 Å². The molecule has 6 nitrogen and oxygen atoms in total. The number of rotatable bonds is 15. The number of benzene rings is 2. The molecule has 1 aromatic heterocycles. The third-order valence-corrected chi connectivity index (χ3v) is 8.99. The lowest BCUT2D eigenvalue weighted by Gasteiger charge is -2.40. The first kappa shape index (κ1) is 34.2. The van der Waals surface area contributed by atoms with Crippen LogP contribution < -0.4 is 11.1 Å². The molecule has 1 aliphatic carbocycles. The van der Waals surface area contributed by atoms with Crippen LogP contribution >= 0.6 is 11.3 Å². The van der Waals surface area contributed by atoms with Gasteiger partial charge in [0.25, 0.3) is 5.91 Å². The molecule has 4 N–H and O–H groups in total. The molecule has 0 unspecified atom stereocenters. The third-order valence-electron chi connectivity index (χ3n) is 8.31. The van der Waals surface area contributed by atoms with Crippen molar-refractivity contribution in [1.82, 2.24) is 10.2 Å². The zero-order chi connectivity index (χ0) is 32.6. The zero-order valence-electron chi connectivity index (χ0n) is 26.2. The predicted octanol–water partition coefficient (Wildman–Crippen LogP) is 6.54. The van der Waals surface area contributed by atoms with Crippen LogP contribution in [-0.2, 0) is 22.6 Å². The maximum absolute atomic E-state index is 14.1. The Kier molecular flexibility index (Phi) is 11.8. The van der Waals surface area contributed by atoms with Gasteiger partial charge in [0.15, 0.2) is 0 Å². The van der Waals surface area contributed by atoms with Crippen LogP contribution in [0.4, 0.5) is 8.78 Å². The van der Waals surface area contributed by atoms with Gasteiger partial charge in [-0.3, -0.25) is 9.59 Å². The lowest BCUT2D eigenvalue weighted by Crippen LogP contribution is -2.52. The maximum atomic E-state index is 14.1. The molecule has 2 aromatic carbocycles. The van der Waals surface area contributed by atoms with Crippen LogP contribution in [0.5, 0.6) is 0 Å². The van der Waals surface area contributed by atoms with Gasteiger partial charge in [-0.05, 0) is 108 Å². The Bertz CT molecular complexity index is 1530. The summed E-state index contributed by atoms with van der Waals surface area (Å²) in [5.41, 5.74) is 9.32. The normalized spacial score (nSPS) is 18.2. The molecule has 0 radical (unpaired) electrons. The highest BCUT2D eigenvalue weighted by Crippen LogP contribution is 2.43. The quantitative estimate of drug-likeness (QED) is 0.165.